The van der Waals surface area contributed by atoms with Crippen molar-refractivity contribution >= 4 is 66.6 Å². The van der Waals surface area contributed by atoms with E-state index < -0.39 is 0 Å². The third-order valence-corrected chi connectivity index (χ3v) is 3.50. The van der Waals surface area contributed by atoms with Crippen molar-refractivity contribution in [2.45, 2.75) is 29.8 Å². The van der Waals surface area contributed by atoms with Gasteiger partial charge in [0.1, 0.15) is 0 Å². The first-order valence-electron chi connectivity index (χ1n) is 3.00. The molecule has 1 aliphatic rings. The van der Waals surface area contributed by atoms with Crippen molar-refractivity contribution in [2.75, 3.05) is 0 Å². The van der Waals surface area contributed by atoms with Crippen molar-refractivity contribution in [3.8, 4) is 0 Å². The zero-order valence-electron chi connectivity index (χ0n) is 5.74. The molecule has 0 amide bonds. The van der Waals surface area contributed by atoms with Gasteiger partial charge in [0, 0.05) is 0 Å². The second-order valence-electron chi connectivity index (χ2n) is 2.12. The summed E-state index contributed by atoms with van der Waals surface area (Å²) in [5.41, 5.74) is 0. The standard InChI is InChI=1S/C5H10.Al.K.3H2O.2H/c1-3-5-4-2;;;;;;;/h1-5H2;;;3*1H2;;. The van der Waals surface area contributed by atoms with Crippen molar-refractivity contribution in [2.24, 2.45) is 0 Å². The van der Waals surface area contributed by atoms with Crippen LogP contribution in [0.3, 0.4) is 0 Å². The van der Waals surface area contributed by atoms with Crippen LogP contribution in [0, 0.1) is 0 Å². The van der Waals surface area contributed by atoms with E-state index in [1.54, 1.807) is 23.4 Å². The molecule has 0 radical (unpaired) electrons. The Morgan fingerprint density at radius 1 is 0.700 bits per heavy atom. The first kappa shape index (κ1) is 22.7. The SMILES string of the molecule is C1C[CH2][AlH][CH2]C1.O.O.O.[KH]. The van der Waals surface area contributed by atoms with Crippen LogP contribution in [0.2, 0.25) is 10.6 Å². The Morgan fingerprint density at radius 2 is 1.10 bits per heavy atom. The maximum atomic E-state index is 1.64. The average Bonchev–Trinajstić information content (AvgIpc) is 1.72. The van der Waals surface area contributed by atoms with Gasteiger partial charge in [0.05, 0.1) is 0 Å². The van der Waals surface area contributed by atoms with Crippen molar-refractivity contribution < 1.29 is 16.4 Å². The molecule has 0 atom stereocenters. The van der Waals surface area contributed by atoms with E-state index in [1.807, 2.05) is 0 Å². The van der Waals surface area contributed by atoms with E-state index in [0.717, 1.165) is 0 Å². The van der Waals surface area contributed by atoms with Gasteiger partial charge in [-0.2, -0.15) is 0 Å². The molecule has 5 heteroatoms. The fraction of sp³-hybridized carbons (Fsp3) is 1.00. The molecule has 0 bridgehead atoms. The molecule has 1 rings (SSSR count). The minimum absolute atomic E-state index is 0. The molecule has 1 saturated heterocycles. The van der Waals surface area contributed by atoms with E-state index in [2.05, 4.69) is 0 Å². The molecule has 0 aromatic rings. The molecule has 1 aliphatic heterocycles. The van der Waals surface area contributed by atoms with Crippen molar-refractivity contribution in [3.05, 3.63) is 0 Å². The first-order valence-corrected chi connectivity index (χ1v) is 5.00. The van der Waals surface area contributed by atoms with Crippen LogP contribution in [0.15, 0.2) is 0 Å². The Kier molecular flexibility index (Phi) is 39.1. The van der Waals surface area contributed by atoms with Crippen LogP contribution in [0.1, 0.15) is 19.3 Å². The van der Waals surface area contributed by atoms with E-state index in [1.165, 1.54) is 6.42 Å². The molecular weight excluding hydrogens is 174 g/mol. The van der Waals surface area contributed by atoms with Gasteiger partial charge in [-0.05, 0) is 0 Å². The molecule has 60 valence electrons. The van der Waals surface area contributed by atoms with E-state index >= 15 is 0 Å². The second kappa shape index (κ2) is 17.2. The summed E-state index contributed by atoms with van der Waals surface area (Å²) < 4.78 is 0. The van der Waals surface area contributed by atoms with Gasteiger partial charge in [0.25, 0.3) is 0 Å². The zero-order chi connectivity index (χ0) is 4.24. The normalized spacial score (nSPS) is 13.6. The Balaban J connectivity index is -0.0000000450. The fourth-order valence-corrected chi connectivity index (χ4v) is 2.83. The van der Waals surface area contributed by atoms with Gasteiger partial charge < -0.3 is 16.4 Å². The van der Waals surface area contributed by atoms with Crippen molar-refractivity contribution in [3.63, 3.8) is 0 Å². The van der Waals surface area contributed by atoms with Crippen LogP contribution in [-0.4, -0.2) is 83.0 Å². The predicted molar refractivity (Wildman–Crippen MR) is 48.6 cm³/mol. The minimum atomic E-state index is 0. The summed E-state index contributed by atoms with van der Waals surface area (Å²) >= 11 is 0.508. The van der Waals surface area contributed by atoms with Gasteiger partial charge in [-0.3, -0.25) is 0 Å². The topological polar surface area (TPSA) is 94.5 Å². The second-order valence-corrected chi connectivity index (χ2v) is 4.24. The summed E-state index contributed by atoms with van der Waals surface area (Å²) in [4.78, 5) is 0. The molecule has 1 heterocycles. The third kappa shape index (κ3) is 12.7. The summed E-state index contributed by atoms with van der Waals surface area (Å²) in [6.45, 7) is 0. The summed E-state index contributed by atoms with van der Waals surface area (Å²) in [7, 11) is 0. The van der Waals surface area contributed by atoms with Crippen molar-refractivity contribution in [1.82, 2.24) is 0 Å². The monoisotopic (exact) mass is 192 g/mol. The van der Waals surface area contributed by atoms with Crippen LogP contribution in [0.25, 0.3) is 0 Å². The Hall–Kier alpha value is 2.05. The molecule has 0 aliphatic carbocycles. The van der Waals surface area contributed by atoms with Crippen LogP contribution < -0.4 is 0 Å². The van der Waals surface area contributed by atoms with Crippen LogP contribution >= 0.6 is 0 Å². The van der Waals surface area contributed by atoms with Crippen LogP contribution in [0.4, 0.5) is 0 Å². The maximum absolute atomic E-state index is 1.64. The van der Waals surface area contributed by atoms with Gasteiger partial charge in [-0.25, -0.2) is 0 Å². The molecule has 6 N–H and O–H groups in total. The first-order chi connectivity index (χ1) is 3.00. The average molecular weight is 192 g/mol. The number of hydrogen-bond donors (Lipinski definition) is 0. The van der Waals surface area contributed by atoms with Gasteiger partial charge in [-0.15, -0.1) is 0 Å². The molecule has 0 saturated carbocycles. The quantitative estimate of drug-likeness (QED) is 0.410. The van der Waals surface area contributed by atoms with Crippen molar-refractivity contribution in [1.29, 1.82) is 0 Å². The molecule has 0 unspecified atom stereocenters. The van der Waals surface area contributed by atoms with Crippen LogP contribution in [0.5, 0.6) is 0 Å². The van der Waals surface area contributed by atoms with E-state index in [4.69, 9.17) is 0 Å². The molecule has 10 heavy (non-hydrogen) atoms. The van der Waals surface area contributed by atoms with Gasteiger partial charge in [0.15, 0.2) is 0 Å². The van der Waals surface area contributed by atoms with Crippen LogP contribution in [-0.2, 0) is 0 Å². The summed E-state index contributed by atoms with van der Waals surface area (Å²) in [5, 5.41) is 3.28. The third-order valence-electron chi connectivity index (χ3n) is 1.50. The fourth-order valence-electron chi connectivity index (χ4n) is 1.06. The number of rotatable bonds is 0. The van der Waals surface area contributed by atoms with Gasteiger partial charge in [0.2, 0.25) is 15.2 Å². The molecular formula is C5H18AlKO3. The Morgan fingerprint density at radius 3 is 1.20 bits per heavy atom. The Bertz CT molecular complexity index is 32.4. The van der Waals surface area contributed by atoms with E-state index in [-0.39, 0.29) is 67.8 Å². The molecule has 3 nitrogen and oxygen atoms in total. The van der Waals surface area contributed by atoms with E-state index in [9.17, 15) is 0 Å². The predicted octanol–water partition coefficient (Wildman–Crippen LogP) is -1.68. The van der Waals surface area contributed by atoms with E-state index in [0.29, 0.717) is 15.2 Å². The number of hydrogen-bond acceptors (Lipinski definition) is 0. The molecule has 0 aromatic carbocycles. The summed E-state index contributed by atoms with van der Waals surface area (Å²) in [6.07, 6.45) is 4.66. The Labute approximate surface area is 111 Å². The summed E-state index contributed by atoms with van der Waals surface area (Å²) in [5.74, 6) is 0. The van der Waals surface area contributed by atoms with Gasteiger partial charge >= 0.3 is 51.4 Å². The summed E-state index contributed by atoms with van der Waals surface area (Å²) in [6, 6.07) is 0. The molecule has 0 spiro atoms. The van der Waals surface area contributed by atoms with Gasteiger partial charge in [-0.1, -0.05) is 29.8 Å². The molecule has 1 fully saturated rings. The molecule has 0 aromatic heterocycles. The zero-order valence-corrected chi connectivity index (χ0v) is 7.16.